The molecule has 2 aromatic carbocycles. The molecule has 61 heavy (non-hydrogen) atoms. The van der Waals surface area contributed by atoms with Gasteiger partial charge in [-0.25, -0.2) is 9.59 Å². The lowest BCUT2D eigenvalue weighted by Crippen LogP contribution is -2.53. The Kier molecular flexibility index (Phi) is 14.8. The van der Waals surface area contributed by atoms with Crippen LogP contribution in [0.15, 0.2) is 36.4 Å². The van der Waals surface area contributed by atoms with E-state index in [4.69, 9.17) is 31.5 Å². The summed E-state index contributed by atoms with van der Waals surface area (Å²) in [6, 6.07) is 9.65. The zero-order valence-electron chi connectivity index (χ0n) is 34.5. The summed E-state index contributed by atoms with van der Waals surface area (Å²) in [4.78, 5) is 63.5. The molecule has 0 spiro atoms. The van der Waals surface area contributed by atoms with E-state index in [2.05, 4.69) is 15.1 Å². The Morgan fingerprint density at radius 3 is 2.26 bits per heavy atom. The van der Waals surface area contributed by atoms with Gasteiger partial charge in [-0.3, -0.25) is 14.5 Å². The smallest absolute Gasteiger partial charge is 0.418 e. The number of fused-ring (bicyclic) bond motifs is 1. The van der Waals surface area contributed by atoms with Crippen molar-refractivity contribution in [2.45, 2.75) is 82.2 Å². The second-order valence-electron chi connectivity index (χ2n) is 16.7. The molecule has 0 saturated carbocycles. The first kappa shape index (κ1) is 44.7. The number of benzene rings is 2. The number of rotatable bonds is 11. The molecule has 4 saturated heterocycles. The molecule has 2 aromatic rings. The summed E-state index contributed by atoms with van der Waals surface area (Å²) in [5.41, 5.74) is 5.83. The molecule has 0 aliphatic carbocycles. The van der Waals surface area contributed by atoms with E-state index in [1.807, 2.05) is 24.3 Å². The molecule has 5 aliphatic rings. The number of nitrogen functional groups attached to an aromatic ring is 1. The summed E-state index contributed by atoms with van der Waals surface area (Å²) in [6.07, 6.45) is -2.16. The summed E-state index contributed by atoms with van der Waals surface area (Å²) < 4.78 is 58.7. The van der Waals surface area contributed by atoms with Gasteiger partial charge >= 0.3 is 24.3 Å². The largest absolute Gasteiger partial charge is 0.465 e. The number of morpholine rings is 1. The monoisotopic (exact) mass is 875 g/mol. The minimum atomic E-state index is -4.79. The van der Waals surface area contributed by atoms with Crippen molar-refractivity contribution in [3.8, 4) is 0 Å². The molecule has 5 heterocycles. The second-order valence-corrected chi connectivity index (χ2v) is 17.1. The Hall–Kier alpha value is -4.32. The van der Waals surface area contributed by atoms with Crippen molar-refractivity contribution >= 4 is 47.0 Å². The standard InChI is InChI=1S/C43H57ClF3N7O7/c44-35-27-29(26-34(38(35)48)43(45,46)47)28-37(61-42(58)53-18-11-33(12-19-53)54-20-8-30-4-1-2-5-36(30)49-41(54)57)39(55)52-16-9-32(10-17-52)51-14-6-31(7-15-51)40(56)60-23-3-13-50-21-24-59-25-22-50/h1-2,4-5,26-27,31-33,37H,3,6-25,28,48H2,(H,49,57)/t37-/m1/s1. The maximum atomic E-state index is 14.2. The van der Waals surface area contributed by atoms with Crippen LogP contribution in [0, 0.1) is 5.92 Å². The van der Waals surface area contributed by atoms with E-state index in [1.54, 1.807) is 9.80 Å². The fourth-order valence-corrected chi connectivity index (χ4v) is 9.52. The van der Waals surface area contributed by atoms with Crippen LogP contribution < -0.4 is 11.1 Å². The molecule has 1 atom stereocenters. The number of esters is 1. The highest BCUT2D eigenvalue weighted by atomic mass is 35.5. The molecule has 0 radical (unpaired) electrons. The molecule has 0 aromatic heterocycles. The van der Waals surface area contributed by atoms with Crippen LogP contribution in [-0.2, 0) is 42.8 Å². The Morgan fingerprint density at radius 1 is 0.885 bits per heavy atom. The van der Waals surface area contributed by atoms with Gasteiger partial charge in [-0.2, -0.15) is 13.2 Å². The number of nitrogens with two attached hydrogens (primary N) is 1. The quantitative estimate of drug-likeness (QED) is 0.168. The maximum absolute atomic E-state index is 14.2. The highest BCUT2D eigenvalue weighted by molar-refractivity contribution is 6.33. The number of para-hydroxylation sites is 1. The van der Waals surface area contributed by atoms with E-state index < -0.39 is 35.5 Å². The number of piperidine rings is 3. The zero-order valence-corrected chi connectivity index (χ0v) is 35.3. The van der Waals surface area contributed by atoms with Crippen LogP contribution in [0.1, 0.15) is 61.6 Å². The predicted molar refractivity (Wildman–Crippen MR) is 222 cm³/mol. The van der Waals surface area contributed by atoms with Crippen LogP contribution >= 0.6 is 11.6 Å². The topological polar surface area (TPSA) is 150 Å². The van der Waals surface area contributed by atoms with Gasteiger partial charge in [-0.15, -0.1) is 0 Å². The first-order valence-electron chi connectivity index (χ1n) is 21.6. The summed E-state index contributed by atoms with van der Waals surface area (Å²) in [5.74, 6) is -0.791. The van der Waals surface area contributed by atoms with Crippen LogP contribution in [0.2, 0.25) is 5.02 Å². The lowest BCUT2D eigenvalue weighted by Gasteiger charge is -2.42. The number of hydrogen-bond donors (Lipinski definition) is 2. The number of halogens is 4. The van der Waals surface area contributed by atoms with E-state index in [0.717, 1.165) is 69.7 Å². The lowest BCUT2D eigenvalue weighted by molar-refractivity contribution is -0.151. The summed E-state index contributed by atoms with van der Waals surface area (Å²) in [5, 5.41) is 2.68. The van der Waals surface area contributed by atoms with Crippen LogP contribution in [-0.4, -0.2) is 152 Å². The van der Waals surface area contributed by atoms with Crippen molar-refractivity contribution in [3.63, 3.8) is 0 Å². The number of carbonyl (C=O) groups is 4. The van der Waals surface area contributed by atoms with Crippen molar-refractivity contribution in [3.05, 3.63) is 58.1 Å². The number of ether oxygens (including phenoxy) is 3. The van der Waals surface area contributed by atoms with Gasteiger partial charge in [0.25, 0.3) is 5.91 Å². The Balaban J connectivity index is 0.927. The van der Waals surface area contributed by atoms with Gasteiger partial charge in [0.1, 0.15) is 0 Å². The number of anilines is 2. The van der Waals surface area contributed by atoms with Crippen LogP contribution in [0.3, 0.4) is 0 Å². The number of nitrogens with zero attached hydrogens (tertiary/aromatic N) is 5. The highest BCUT2D eigenvalue weighted by Crippen LogP contribution is 2.38. The third-order valence-corrected chi connectivity index (χ3v) is 13.2. The first-order valence-corrected chi connectivity index (χ1v) is 22.0. The number of carbonyl (C=O) groups excluding carboxylic acids is 4. The number of nitrogens with one attached hydrogen (secondary N) is 1. The van der Waals surface area contributed by atoms with Crippen molar-refractivity contribution in [2.24, 2.45) is 5.92 Å². The highest BCUT2D eigenvalue weighted by Gasteiger charge is 2.39. The molecule has 4 amide bonds. The first-order chi connectivity index (χ1) is 29.3. The van der Waals surface area contributed by atoms with Crippen LogP contribution in [0.4, 0.5) is 34.1 Å². The van der Waals surface area contributed by atoms with Crippen LogP contribution in [0.5, 0.6) is 0 Å². The van der Waals surface area contributed by atoms with Gasteiger partial charge in [0, 0.05) is 76.5 Å². The molecular weight excluding hydrogens is 819 g/mol. The molecule has 0 unspecified atom stereocenters. The number of amides is 4. The van der Waals surface area contributed by atoms with E-state index in [0.29, 0.717) is 71.2 Å². The third kappa shape index (κ3) is 11.4. The number of hydrogen-bond acceptors (Lipinski definition) is 10. The Labute approximate surface area is 359 Å². The normalized spacial score (nSPS) is 21.0. The molecular formula is C43H57ClF3N7O7. The zero-order chi connectivity index (χ0) is 43.1. The van der Waals surface area contributed by atoms with E-state index in [1.165, 1.54) is 11.0 Å². The minimum absolute atomic E-state index is 0.0536. The van der Waals surface area contributed by atoms with Gasteiger partial charge in [-0.05, 0) is 93.8 Å². The van der Waals surface area contributed by atoms with Gasteiger partial charge in [-0.1, -0.05) is 29.8 Å². The van der Waals surface area contributed by atoms with E-state index in [-0.39, 0.29) is 60.1 Å². The second kappa shape index (κ2) is 20.2. The summed E-state index contributed by atoms with van der Waals surface area (Å²) >= 11 is 6.16. The number of alkyl halides is 3. The Morgan fingerprint density at radius 2 is 1.56 bits per heavy atom. The molecule has 18 heteroatoms. The minimum Gasteiger partial charge on any atom is -0.465 e. The Bertz CT molecular complexity index is 1860. The van der Waals surface area contributed by atoms with E-state index in [9.17, 15) is 32.3 Å². The fraction of sp³-hybridized carbons (Fsp3) is 0.628. The molecule has 5 aliphatic heterocycles. The van der Waals surface area contributed by atoms with Crippen molar-refractivity contribution in [2.75, 3.05) is 96.3 Å². The molecule has 334 valence electrons. The van der Waals surface area contributed by atoms with Gasteiger partial charge < -0.3 is 44.9 Å². The average Bonchev–Trinajstić information content (AvgIpc) is 3.43. The number of likely N-dealkylation sites (tertiary alicyclic amines) is 3. The maximum Gasteiger partial charge on any atom is 0.418 e. The molecule has 4 fully saturated rings. The fourth-order valence-electron chi connectivity index (χ4n) is 9.27. The number of urea groups is 1. The molecule has 3 N–H and O–H groups in total. The van der Waals surface area contributed by atoms with Gasteiger partial charge in [0.15, 0.2) is 6.10 Å². The lowest BCUT2D eigenvalue weighted by atomic mass is 9.93. The SMILES string of the molecule is Nc1c(Cl)cc(C[C@@H](OC(=O)N2CCC(N3CCc4ccccc4NC3=O)CC2)C(=O)N2CCC(N3CCC(C(=O)OCCCN4CCOCC4)CC3)CC2)cc1C(F)(F)F. The van der Waals surface area contributed by atoms with Crippen molar-refractivity contribution < 1.29 is 46.6 Å². The summed E-state index contributed by atoms with van der Waals surface area (Å²) in [7, 11) is 0. The van der Waals surface area contributed by atoms with Gasteiger partial charge in [0.05, 0.1) is 42.0 Å². The van der Waals surface area contributed by atoms with Gasteiger partial charge in [0.2, 0.25) is 0 Å². The summed E-state index contributed by atoms with van der Waals surface area (Å²) in [6.45, 7) is 7.82. The van der Waals surface area contributed by atoms with Crippen molar-refractivity contribution in [1.82, 2.24) is 24.5 Å². The molecule has 14 nitrogen and oxygen atoms in total. The molecule has 7 rings (SSSR count). The molecule has 0 bridgehead atoms. The predicted octanol–water partition coefficient (Wildman–Crippen LogP) is 5.51. The van der Waals surface area contributed by atoms with Crippen molar-refractivity contribution in [1.29, 1.82) is 0 Å². The third-order valence-electron chi connectivity index (χ3n) is 12.9. The van der Waals surface area contributed by atoms with E-state index >= 15 is 0 Å². The van der Waals surface area contributed by atoms with Crippen LogP contribution in [0.25, 0.3) is 0 Å². The average molecular weight is 876 g/mol.